The molecular weight excluding hydrogens is 374 g/mol. The van der Waals surface area contributed by atoms with Gasteiger partial charge in [0.15, 0.2) is 0 Å². The molecule has 0 saturated heterocycles. The van der Waals surface area contributed by atoms with Crippen molar-refractivity contribution < 1.29 is 9.59 Å². The van der Waals surface area contributed by atoms with Crippen molar-refractivity contribution in [2.75, 3.05) is 4.90 Å². The summed E-state index contributed by atoms with van der Waals surface area (Å²) >= 11 is 0. The number of hydrogen-bond donors (Lipinski definition) is 0. The normalized spacial score (nSPS) is 14.1. The van der Waals surface area contributed by atoms with Gasteiger partial charge in [0.05, 0.1) is 12.1 Å². The number of aryl methyl sites for hydroxylation is 1. The average molecular weight is 395 g/mol. The van der Waals surface area contributed by atoms with Crippen LogP contribution in [0.5, 0.6) is 0 Å². The zero-order valence-electron chi connectivity index (χ0n) is 16.7. The molecule has 0 aliphatic carbocycles. The van der Waals surface area contributed by atoms with Crippen molar-refractivity contribution in [2.45, 2.75) is 26.2 Å². The Labute approximate surface area is 174 Å². The van der Waals surface area contributed by atoms with Gasteiger partial charge in [-0.3, -0.25) is 14.5 Å². The summed E-state index contributed by atoms with van der Waals surface area (Å²) in [7, 11) is 0. The fourth-order valence-corrected chi connectivity index (χ4v) is 4.24. The van der Waals surface area contributed by atoms with E-state index < -0.39 is 0 Å². The monoisotopic (exact) mass is 395 g/mol. The highest BCUT2D eigenvalue weighted by Crippen LogP contribution is 2.37. The topological polar surface area (TPSA) is 55.2 Å². The molecular formula is C25H21N3O2. The van der Waals surface area contributed by atoms with Crippen molar-refractivity contribution >= 4 is 33.8 Å². The highest BCUT2D eigenvalue weighted by Gasteiger charge is 2.28. The second-order valence-electron chi connectivity index (χ2n) is 7.49. The SMILES string of the molecule is CCc1nccn1-c1ccc(N2C(=O)CC(=O)Cc3c2ccc2ccccc32)cc1. The molecule has 4 aromatic rings. The molecule has 0 spiro atoms. The standard InChI is InChI=1S/C25H21N3O2/c1-2-24-26-13-14-27(24)18-8-10-19(11-9-18)28-23-12-7-17-5-3-4-6-21(17)22(23)15-20(29)16-25(28)30/h3-14H,2,15-16H2,1H3. The van der Waals surface area contributed by atoms with Crippen molar-refractivity contribution in [3.05, 3.63) is 84.4 Å². The lowest BCUT2D eigenvalue weighted by Gasteiger charge is -2.24. The zero-order valence-corrected chi connectivity index (χ0v) is 16.7. The number of carbonyl (C=O) groups excluding carboxylic acids is 2. The molecule has 0 atom stereocenters. The molecule has 5 rings (SSSR count). The summed E-state index contributed by atoms with van der Waals surface area (Å²) in [5.74, 6) is 0.734. The first kappa shape index (κ1) is 18.3. The number of nitrogens with zero attached hydrogens (tertiary/aromatic N) is 3. The Balaban J connectivity index is 1.63. The van der Waals surface area contributed by atoms with Crippen molar-refractivity contribution in [3.8, 4) is 5.69 Å². The molecule has 0 fully saturated rings. The van der Waals surface area contributed by atoms with Crippen LogP contribution in [0.25, 0.3) is 16.5 Å². The molecule has 148 valence electrons. The molecule has 30 heavy (non-hydrogen) atoms. The summed E-state index contributed by atoms with van der Waals surface area (Å²) in [4.78, 5) is 31.6. The highest BCUT2D eigenvalue weighted by molar-refractivity contribution is 6.14. The summed E-state index contributed by atoms with van der Waals surface area (Å²) in [6.45, 7) is 2.07. The van der Waals surface area contributed by atoms with E-state index in [9.17, 15) is 9.59 Å². The first-order valence-corrected chi connectivity index (χ1v) is 10.1. The van der Waals surface area contributed by atoms with Gasteiger partial charge in [-0.1, -0.05) is 37.3 Å². The van der Waals surface area contributed by atoms with Gasteiger partial charge in [0.25, 0.3) is 0 Å². The summed E-state index contributed by atoms with van der Waals surface area (Å²) in [5.41, 5.74) is 3.45. The van der Waals surface area contributed by atoms with Crippen molar-refractivity contribution in [1.29, 1.82) is 0 Å². The van der Waals surface area contributed by atoms with Gasteiger partial charge in [-0.05, 0) is 46.7 Å². The molecule has 0 N–H and O–H groups in total. The lowest BCUT2D eigenvalue weighted by molar-refractivity contribution is -0.125. The largest absolute Gasteiger partial charge is 0.304 e. The van der Waals surface area contributed by atoms with Gasteiger partial charge in [0.1, 0.15) is 11.6 Å². The minimum Gasteiger partial charge on any atom is -0.304 e. The quantitative estimate of drug-likeness (QED) is 0.470. The third-order valence-corrected chi connectivity index (χ3v) is 5.65. The van der Waals surface area contributed by atoms with E-state index in [0.717, 1.165) is 45.6 Å². The highest BCUT2D eigenvalue weighted by atomic mass is 16.2. The third-order valence-electron chi connectivity index (χ3n) is 5.65. The van der Waals surface area contributed by atoms with E-state index in [-0.39, 0.29) is 24.5 Å². The maximum absolute atomic E-state index is 13.0. The van der Waals surface area contributed by atoms with Crippen LogP contribution in [-0.4, -0.2) is 21.2 Å². The maximum atomic E-state index is 13.0. The second kappa shape index (κ2) is 7.26. The molecule has 5 heteroatoms. The van der Waals surface area contributed by atoms with Gasteiger partial charge < -0.3 is 4.57 Å². The van der Waals surface area contributed by atoms with Crippen molar-refractivity contribution in [1.82, 2.24) is 9.55 Å². The van der Waals surface area contributed by atoms with Gasteiger partial charge in [-0.15, -0.1) is 0 Å². The van der Waals surface area contributed by atoms with E-state index in [1.54, 1.807) is 11.1 Å². The molecule has 2 heterocycles. The molecule has 1 amide bonds. The number of amides is 1. The van der Waals surface area contributed by atoms with Gasteiger partial charge in [0.2, 0.25) is 5.91 Å². The summed E-state index contributed by atoms with van der Waals surface area (Å²) < 4.78 is 2.04. The summed E-state index contributed by atoms with van der Waals surface area (Å²) in [6.07, 6.45) is 4.74. The lowest BCUT2D eigenvalue weighted by Crippen LogP contribution is -2.26. The van der Waals surface area contributed by atoms with Gasteiger partial charge in [0, 0.05) is 36.6 Å². The molecule has 0 bridgehead atoms. The maximum Gasteiger partial charge on any atom is 0.239 e. The van der Waals surface area contributed by atoms with E-state index in [0.29, 0.717) is 0 Å². The average Bonchev–Trinajstić information content (AvgIpc) is 3.19. The lowest BCUT2D eigenvalue weighted by atomic mass is 9.98. The number of benzene rings is 3. The molecule has 0 radical (unpaired) electrons. The van der Waals surface area contributed by atoms with Crippen LogP contribution in [0.15, 0.2) is 73.1 Å². The molecule has 5 nitrogen and oxygen atoms in total. The Morgan fingerprint density at radius 2 is 1.67 bits per heavy atom. The molecule has 1 aliphatic rings. The number of rotatable bonds is 3. The van der Waals surface area contributed by atoms with Gasteiger partial charge in [-0.2, -0.15) is 0 Å². The Morgan fingerprint density at radius 3 is 2.47 bits per heavy atom. The van der Waals surface area contributed by atoms with Crippen molar-refractivity contribution in [2.24, 2.45) is 0 Å². The number of anilines is 2. The van der Waals surface area contributed by atoms with E-state index >= 15 is 0 Å². The minimum absolute atomic E-state index is 0.0530. The van der Waals surface area contributed by atoms with Crippen LogP contribution in [0, 0.1) is 0 Å². The Bertz CT molecular complexity index is 1270. The predicted molar refractivity (Wildman–Crippen MR) is 117 cm³/mol. The predicted octanol–water partition coefficient (Wildman–Crippen LogP) is 4.77. The number of hydrogen-bond acceptors (Lipinski definition) is 3. The number of fused-ring (bicyclic) bond motifs is 3. The fourth-order valence-electron chi connectivity index (χ4n) is 4.24. The number of imidazole rings is 1. The van der Waals surface area contributed by atoms with E-state index in [2.05, 4.69) is 11.9 Å². The molecule has 1 aromatic heterocycles. The second-order valence-corrected chi connectivity index (χ2v) is 7.49. The van der Waals surface area contributed by atoms with Crippen LogP contribution < -0.4 is 4.90 Å². The Morgan fingerprint density at radius 1 is 0.900 bits per heavy atom. The van der Waals surface area contributed by atoms with Crippen LogP contribution in [0.2, 0.25) is 0 Å². The van der Waals surface area contributed by atoms with Gasteiger partial charge >= 0.3 is 0 Å². The van der Waals surface area contributed by atoms with Crippen LogP contribution >= 0.6 is 0 Å². The third kappa shape index (κ3) is 2.99. The van der Waals surface area contributed by atoms with Crippen LogP contribution in [-0.2, 0) is 22.4 Å². The number of Topliss-reactive ketones (excluding diaryl/α,β-unsaturated/α-hetero) is 1. The Kier molecular flexibility index (Phi) is 4.43. The Hall–Kier alpha value is -3.73. The van der Waals surface area contributed by atoms with Crippen LogP contribution in [0.3, 0.4) is 0 Å². The first-order chi connectivity index (χ1) is 14.7. The van der Waals surface area contributed by atoms with E-state index in [4.69, 9.17) is 0 Å². The summed E-state index contributed by atoms with van der Waals surface area (Å²) in [5, 5.41) is 2.09. The number of aromatic nitrogens is 2. The van der Waals surface area contributed by atoms with E-state index in [1.807, 2.05) is 71.4 Å². The zero-order chi connectivity index (χ0) is 20.7. The van der Waals surface area contributed by atoms with E-state index in [1.165, 1.54) is 0 Å². The minimum atomic E-state index is -0.196. The number of carbonyl (C=O) groups is 2. The van der Waals surface area contributed by atoms with Crippen molar-refractivity contribution in [3.63, 3.8) is 0 Å². The molecule has 3 aromatic carbocycles. The smallest absolute Gasteiger partial charge is 0.239 e. The fraction of sp³-hybridized carbons (Fsp3) is 0.160. The molecule has 1 aliphatic heterocycles. The molecule has 0 saturated carbocycles. The summed E-state index contributed by atoms with van der Waals surface area (Å²) in [6, 6.07) is 19.8. The van der Waals surface area contributed by atoms with Crippen LogP contribution in [0.1, 0.15) is 24.7 Å². The first-order valence-electron chi connectivity index (χ1n) is 10.1. The van der Waals surface area contributed by atoms with Crippen LogP contribution in [0.4, 0.5) is 11.4 Å². The number of ketones is 1. The van der Waals surface area contributed by atoms with Gasteiger partial charge in [-0.25, -0.2) is 4.98 Å². The molecule has 0 unspecified atom stereocenters.